The van der Waals surface area contributed by atoms with Crippen molar-refractivity contribution in [2.24, 2.45) is 4.99 Å². The molecule has 1 aliphatic heterocycles. The van der Waals surface area contributed by atoms with Crippen molar-refractivity contribution in [3.63, 3.8) is 0 Å². The van der Waals surface area contributed by atoms with Crippen molar-refractivity contribution in [2.75, 3.05) is 7.11 Å². The molecule has 112 valence electrons. The summed E-state index contributed by atoms with van der Waals surface area (Å²) in [4.78, 5) is 30.2. The Morgan fingerprint density at radius 3 is 2.91 bits per heavy atom. The Labute approximate surface area is 133 Å². The number of rotatable bonds is 2. The molecule has 0 bridgehead atoms. The van der Waals surface area contributed by atoms with Gasteiger partial charge in [-0.25, -0.2) is 14.2 Å². The fraction of sp³-hybridized carbons (Fsp3) is 0.0714. The third kappa shape index (κ3) is 2.51. The maximum absolute atomic E-state index is 13.5. The molecular weight excluding hydrogens is 327 g/mol. The lowest BCUT2D eigenvalue weighted by Gasteiger charge is -2.03. The van der Waals surface area contributed by atoms with Gasteiger partial charge in [0.25, 0.3) is 0 Å². The summed E-state index contributed by atoms with van der Waals surface area (Å²) in [5.74, 6) is -1.08. The average Bonchev–Trinajstić information content (AvgIpc) is 2.99. The van der Waals surface area contributed by atoms with Crippen molar-refractivity contribution >= 4 is 53.0 Å². The van der Waals surface area contributed by atoms with E-state index in [1.54, 1.807) is 6.08 Å². The number of benzene rings is 1. The number of aliphatic imine (C=N–C) groups is 1. The van der Waals surface area contributed by atoms with Gasteiger partial charge < -0.3 is 9.72 Å². The van der Waals surface area contributed by atoms with E-state index in [0.29, 0.717) is 26.7 Å². The number of aromatic amines is 1. The molecule has 2 heterocycles. The first-order valence-electron chi connectivity index (χ1n) is 6.10. The second kappa shape index (κ2) is 5.54. The molecular formula is C14H9FN2O3S2. The highest BCUT2D eigenvalue weighted by atomic mass is 32.1. The largest absolute Gasteiger partial charge is 0.464 e. The predicted molar refractivity (Wildman–Crippen MR) is 85.6 cm³/mol. The summed E-state index contributed by atoms with van der Waals surface area (Å²) in [6, 6.07) is 4.03. The first-order valence-corrected chi connectivity index (χ1v) is 7.37. The molecule has 1 aromatic heterocycles. The molecule has 0 spiro atoms. The summed E-state index contributed by atoms with van der Waals surface area (Å²) in [6.07, 6.45) is 1.58. The van der Waals surface area contributed by atoms with Crippen LogP contribution in [0.4, 0.5) is 10.1 Å². The summed E-state index contributed by atoms with van der Waals surface area (Å²) >= 11 is 5.10. The van der Waals surface area contributed by atoms with Gasteiger partial charge in [0.2, 0.25) is 0 Å². The van der Waals surface area contributed by atoms with Gasteiger partial charge in [0.1, 0.15) is 5.82 Å². The Kier molecular flexibility index (Phi) is 3.71. The van der Waals surface area contributed by atoms with Crippen molar-refractivity contribution < 1.29 is 13.9 Å². The van der Waals surface area contributed by atoms with Crippen LogP contribution in [0.3, 0.4) is 0 Å². The smallest absolute Gasteiger partial charge is 0.357 e. The van der Waals surface area contributed by atoms with Gasteiger partial charge in [0.15, 0.2) is 5.71 Å². The third-order valence-corrected chi connectivity index (χ3v) is 4.38. The number of carbonyl (C=O) groups is 1. The second-order valence-corrected chi connectivity index (χ2v) is 5.86. The van der Waals surface area contributed by atoms with Gasteiger partial charge in [-0.1, -0.05) is 11.3 Å². The first kappa shape index (κ1) is 14.7. The number of fused-ring (bicyclic) bond motifs is 1. The van der Waals surface area contributed by atoms with E-state index in [2.05, 4.69) is 22.6 Å². The maximum Gasteiger partial charge on any atom is 0.357 e. The number of methoxy groups -OCH3 is 1. The molecule has 0 radical (unpaired) electrons. The molecule has 0 saturated heterocycles. The van der Waals surface area contributed by atoms with Crippen LogP contribution in [0.5, 0.6) is 0 Å². The number of nitrogens with one attached hydrogen (secondary N) is 1. The van der Waals surface area contributed by atoms with Crippen molar-refractivity contribution in [1.29, 1.82) is 0 Å². The molecule has 0 atom stereocenters. The molecule has 22 heavy (non-hydrogen) atoms. The van der Waals surface area contributed by atoms with Gasteiger partial charge in [-0.15, -0.1) is 12.6 Å². The lowest BCUT2D eigenvalue weighted by molar-refractivity contribution is -0.132. The lowest BCUT2D eigenvalue weighted by atomic mass is 10.0. The molecule has 1 aromatic carbocycles. The summed E-state index contributed by atoms with van der Waals surface area (Å²) in [6.45, 7) is 0. The zero-order valence-corrected chi connectivity index (χ0v) is 12.9. The highest BCUT2D eigenvalue weighted by Gasteiger charge is 2.28. The number of carbonyl (C=O) groups excluding carboxylic acids is 1. The lowest BCUT2D eigenvalue weighted by Crippen LogP contribution is -2.14. The number of halogens is 1. The van der Waals surface area contributed by atoms with Crippen molar-refractivity contribution in [3.8, 4) is 0 Å². The Morgan fingerprint density at radius 1 is 1.50 bits per heavy atom. The number of esters is 1. The van der Waals surface area contributed by atoms with Crippen LogP contribution in [-0.4, -0.2) is 23.8 Å². The van der Waals surface area contributed by atoms with Crippen LogP contribution in [-0.2, 0) is 9.53 Å². The normalized spacial score (nSPS) is 14.9. The third-order valence-electron chi connectivity index (χ3n) is 3.05. The number of thiol groups is 1. The van der Waals surface area contributed by atoms with E-state index >= 15 is 0 Å². The second-order valence-electron chi connectivity index (χ2n) is 4.40. The van der Waals surface area contributed by atoms with Crippen molar-refractivity contribution in [1.82, 2.24) is 4.98 Å². The average molecular weight is 336 g/mol. The van der Waals surface area contributed by atoms with Gasteiger partial charge in [0, 0.05) is 11.1 Å². The Hall–Kier alpha value is -2.19. The number of aromatic nitrogens is 1. The van der Waals surface area contributed by atoms with Crippen LogP contribution < -0.4 is 4.87 Å². The van der Waals surface area contributed by atoms with Crippen LogP contribution in [0, 0.1) is 5.82 Å². The maximum atomic E-state index is 13.5. The zero-order valence-electron chi connectivity index (χ0n) is 11.2. The molecule has 1 N–H and O–H groups in total. The summed E-state index contributed by atoms with van der Waals surface area (Å²) in [7, 11) is 1.24. The van der Waals surface area contributed by atoms with E-state index in [0.717, 1.165) is 11.3 Å². The highest BCUT2D eigenvalue weighted by Crippen LogP contribution is 2.37. The molecule has 3 rings (SSSR count). The van der Waals surface area contributed by atoms with Crippen LogP contribution in [0.15, 0.2) is 33.0 Å². The molecule has 1 aliphatic rings. The van der Waals surface area contributed by atoms with Crippen LogP contribution >= 0.6 is 24.0 Å². The van der Waals surface area contributed by atoms with E-state index in [9.17, 15) is 14.0 Å². The van der Waals surface area contributed by atoms with Gasteiger partial charge in [-0.3, -0.25) is 4.79 Å². The molecule has 0 fully saturated rings. The summed E-state index contributed by atoms with van der Waals surface area (Å²) < 4.78 is 18.2. The van der Waals surface area contributed by atoms with Crippen LogP contribution in [0.2, 0.25) is 0 Å². The molecule has 2 aromatic rings. The van der Waals surface area contributed by atoms with E-state index in [1.807, 2.05) is 0 Å². The highest BCUT2D eigenvalue weighted by molar-refractivity contribution is 7.80. The first-order chi connectivity index (χ1) is 10.5. The number of H-pyrrole nitrogens is 1. The van der Waals surface area contributed by atoms with Crippen LogP contribution in [0.25, 0.3) is 11.6 Å². The summed E-state index contributed by atoms with van der Waals surface area (Å²) in [5.41, 5.74) is 1.40. The minimum atomic E-state index is -0.633. The minimum Gasteiger partial charge on any atom is -0.464 e. The van der Waals surface area contributed by atoms with Gasteiger partial charge >= 0.3 is 10.8 Å². The number of thiazole rings is 1. The van der Waals surface area contributed by atoms with E-state index < -0.39 is 11.8 Å². The molecule has 8 heteroatoms. The fourth-order valence-electron chi connectivity index (χ4n) is 2.09. The molecule has 0 amide bonds. The zero-order chi connectivity index (χ0) is 15.9. The topological polar surface area (TPSA) is 71.5 Å². The predicted octanol–water partition coefficient (Wildman–Crippen LogP) is 2.66. The Morgan fingerprint density at radius 2 is 2.27 bits per heavy atom. The van der Waals surface area contributed by atoms with Gasteiger partial charge in [-0.05, 0) is 24.3 Å². The Balaban J connectivity index is 2.20. The van der Waals surface area contributed by atoms with E-state index in [1.165, 1.54) is 25.3 Å². The number of ether oxygens (including phenoxy) is 1. The molecule has 0 unspecified atom stereocenters. The number of hydrogen-bond donors (Lipinski definition) is 2. The standard InChI is InChI=1S/C14H9FN2O3S2/c1-20-13(18)11-8(5-10-12(21)17-14(19)22-10)7-4-6(15)2-3-9(7)16-11/h2-5,21H,1H3,(H,17,19)/b8-5+. The molecule has 5 nitrogen and oxygen atoms in total. The van der Waals surface area contributed by atoms with Crippen molar-refractivity contribution in [2.45, 2.75) is 5.03 Å². The van der Waals surface area contributed by atoms with E-state index in [4.69, 9.17) is 4.74 Å². The monoisotopic (exact) mass is 336 g/mol. The Bertz CT molecular complexity index is 896. The summed E-state index contributed by atoms with van der Waals surface area (Å²) in [5, 5.41) is 0.372. The van der Waals surface area contributed by atoms with E-state index in [-0.39, 0.29) is 10.6 Å². The SMILES string of the molecule is COC(=O)C1=Nc2ccc(F)cc2/C1=C\c1sc(=O)[nH]c1S. The van der Waals surface area contributed by atoms with Gasteiger partial charge in [-0.2, -0.15) is 0 Å². The fourth-order valence-corrected chi connectivity index (χ4v) is 3.14. The number of hydrogen-bond acceptors (Lipinski definition) is 6. The minimum absolute atomic E-state index is 0.0664. The molecule has 0 saturated carbocycles. The van der Waals surface area contributed by atoms with Crippen LogP contribution in [0.1, 0.15) is 10.4 Å². The number of nitrogens with zero attached hydrogens (tertiary/aromatic N) is 1. The van der Waals surface area contributed by atoms with Crippen molar-refractivity contribution in [3.05, 3.63) is 44.1 Å². The quantitative estimate of drug-likeness (QED) is 0.654. The molecule has 0 aliphatic carbocycles. The van der Waals surface area contributed by atoms with Gasteiger partial charge in [0.05, 0.1) is 22.7 Å².